The molecule has 3 aliphatic rings. The van der Waals surface area contributed by atoms with Crippen LogP contribution in [0.1, 0.15) is 17.7 Å². The number of ether oxygens (including phenoxy) is 2. The van der Waals surface area contributed by atoms with Crippen LogP contribution in [0.2, 0.25) is 0 Å². The largest absolute Gasteiger partial charge is 0.508 e. The molecule has 3 aliphatic heterocycles. The highest BCUT2D eigenvalue weighted by Crippen LogP contribution is 2.36. The minimum absolute atomic E-state index is 0.260. The highest BCUT2D eigenvalue weighted by Gasteiger charge is 2.28. The number of methoxy groups -OCH3 is 1. The molecule has 2 saturated heterocycles. The number of aldehydes is 1. The molecule has 1 N–H and O–H groups in total. The fourth-order valence-electron chi connectivity index (χ4n) is 6.16. The van der Waals surface area contributed by atoms with Crippen molar-refractivity contribution in [1.29, 1.82) is 0 Å². The third-order valence-electron chi connectivity index (χ3n) is 8.38. The van der Waals surface area contributed by atoms with Crippen molar-refractivity contribution in [2.24, 2.45) is 0 Å². The molecular weight excluding hydrogens is 520 g/mol. The lowest BCUT2D eigenvalue weighted by molar-refractivity contribution is -0.104. The summed E-state index contributed by atoms with van der Waals surface area (Å²) in [5, 5.41) is 12.6. The first-order chi connectivity index (χ1) is 20.1. The maximum absolute atomic E-state index is 10.8. The van der Waals surface area contributed by atoms with E-state index in [1.54, 1.807) is 13.2 Å². The zero-order valence-electron chi connectivity index (χ0n) is 23.6. The van der Waals surface area contributed by atoms with Crippen molar-refractivity contribution in [2.75, 3.05) is 75.9 Å². The Morgan fingerprint density at radius 1 is 1.05 bits per heavy atom. The number of carbonyl (C=O) groups is 1. The molecule has 0 amide bonds. The van der Waals surface area contributed by atoms with Crippen LogP contribution < -0.4 is 14.5 Å². The van der Waals surface area contributed by atoms with Gasteiger partial charge in [-0.3, -0.25) is 9.69 Å². The Morgan fingerprint density at radius 3 is 2.71 bits per heavy atom. The molecule has 4 heterocycles. The van der Waals surface area contributed by atoms with Crippen LogP contribution >= 0.6 is 0 Å². The molecule has 1 atom stereocenters. The molecule has 3 aromatic rings. The molecule has 2 aromatic carbocycles. The van der Waals surface area contributed by atoms with Crippen molar-refractivity contribution in [2.45, 2.75) is 25.5 Å². The fourth-order valence-corrected chi connectivity index (χ4v) is 6.16. The van der Waals surface area contributed by atoms with E-state index >= 15 is 0 Å². The fraction of sp³-hybridized carbons (Fsp3) is 0.452. The Hall–Kier alpha value is -3.89. The number of aromatic hydroxyl groups is 1. The first kappa shape index (κ1) is 27.3. The van der Waals surface area contributed by atoms with Gasteiger partial charge in [0.1, 0.15) is 24.5 Å². The number of rotatable bonds is 9. The van der Waals surface area contributed by atoms with E-state index in [1.165, 1.54) is 0 Å². The van der Waals surface area contributed by atoms with Gasteiger partial charge in [0.05, 0.1) is 18.3 Å². The number of carbonyl (C=O) groups excluding carboxylic acids is 1. The predicted molar refractivity (Wildman–Crippen MR) is 159 cm³/mol. The van der Waals surface area contributed by atoms with E-state index in [0.717, 1.165) is 105 Å². The molecule has 0 unspecified atom stereocenters. The van der Waals surface area contributed by atoms with Crippen LogP contribution in [0, 0.1) is 0 Å². The van der Waals surface area contributed by atoms with Crippen LogP contribution in [0.3, 0.4) is 0 Å². The van der Waals surface area contributed by atoms with Crippen LogP contribution in [0.4, 0.5) is 11.5 Å². The summed E-state index contributed by atoms with van der Waals surface area (Å²) in [5.41, 5.74) is 3.14. The van der Waals surface area contributed by atoms with Gasteiger partial charge in [-0.05, 0) is 30.4 Å². The Kier molecular flexibility index (Phi) is 8.20. The van der Waals surface area contributed by atoms with E-state index in [0.29, 0.717) is 25.3 Å². The molecule has 41 heavy (non-hydrogen) atoms. The SMILES string of the molecule is CO[C@@H]1CCN(CCOc2nc3c(c(N4CCN(C=CC=O)CC4)n2)CCN(c2cc(O)cc4ccccc24)C3)C1. The van der Waals surface area contributed by atoms with Crippen molar-refractivity contribution in [3.63, 3.8) is 0 Å². The number of phenols is 1. The molecule has 2 fully saturated rings. The number of likely N-dealkylation sites (tertiary alicyclic amines) is 1. The number of fused-ring (bicyclic) bond motifs is 2. The third kappa shape index (κ3) is 6.08. The maximum Gasteiger partial charge on any atom is 0.318 e. The molecule has 0 radical (unpaired) electrons. The maximum atomic E-state index is 10.8. The summed E-state index contributed by atoms with van der Waals surface area (Å²) in [6.45, 7) is 7.90. The van der Waals surface area contributed by atoms with Crippen LogP contribution in [-0.2, 0) is 22.5 Å². The molecule has 10 nitrogen and oxygen atoms in total. The standard InChI is InChI=1S/C31H38N6O4/c1-40-25-7-10-35(21-25)16-18-41-31-32-28-22-37(29-20-24(39)19-23-5-2-3-6-26(23)29)11-8-27(28)30(33-31)36-14-12-34(13-15-36)9-4-17-38/h2-6,9,17,19-20,25,39H,7-8,10-16,18,21-22H2,1H3/t25-/m1/s1. The van der Waals surface area contributed by atoms with Crippen molar-refractivity contribution in [3.05, 3.63) is 59.9 Å². The average Bonchev–Trinajstić information content (AvgIpc) is 3.47. The topological polar surface area (TPSA) is 94.5 Å². The highest BCUT2D eigenvalue weighted by atomic mass is 16.5. The van der Waals surface area contributed by atoms with Crippen LogP contribution in [0.15, 0.2) is 48.7 Å². The molecule has 6 rings (SSSR count). The monoisotopic (exact) mass is 558 g/mol. The predicted octanol–water partition coefficient (Wildman–Crippen LogP) is 2.83. The summed E-state index contributed by atoms with van der Waals surface area (Å²) in [4.78, 5) is 29.8. The summed E-state index contributed by atoms with van der Waals surface area (Å²) in [6.07, 6.45) is 6.36. The second-order valence-corrected chi connectivity index (χ2v) is 10.9. The zero-order valence-corrected chi connectivity index (χ0v) is 23.6. The van der Waals surface area contributed by atoms with Crippen LogP contribution in [0.25, 0.3) is 10.8 Å². The number of hydrogen-bond acceptors (Lipinski definition) is 10. The highest BCUT2D eigenvalue weighted by molar-refractivity contribution is 5.95. The van der Waals surface area contributed by atoms with Crippen LogP contribution in [-0.4, -0.2) is 103 Å². The van der Waals surface area contributed by atoms with Gasteiger partial charge < -0.3 is 29.3 Å². The molecule has 1 aromatic heterocycles. The number of nitrogens with zero attached hydrogens (tertiary/aromatic N) is 6. The van der Waals surface area contributed by atoms with Gasteiger partial charge >= 0.3 is 6.01 Å². The number of phenolic OH excluding ortho intramolecular Hbond substituents is 1. The first-order valence-electron chi connectivity index (χ1n) is 14.5. The van der Waals surface area contributed by atoms with Crippen LogP contribution in [0.5, 0.6) is 11.8 Å². The minimum Gasteiger partial charge on any atom is -0.508 e. The molecular formula is C31H38N6O4. The number of piperazine rings is 1. The van der Waals surface area contributed by atoms with Gasteiger partial charge in [0.25, 0.3) is 0 Å². The average molecular weight is 559 g/mol. The first-order valence-corrected chi connectivity index (χ1v) is 14.5. The van der Waals surface area contributed by atoms with E-state index in [9.17, 15) is 9.90 Å². The van der Waals surface area contributed by atoms with Crippen molar-refractivity contribution >= 4 is 28.6 Å². The lowest BCUT2D eigenvalue weighted by Gasteiger charge is -2.38. The smallest absolute Gasteiger partial charge is 0.318 e. The van der Waals surface area contributed by atoms with Gasteiger partial charge in [-0.2, -0.15) is 9.97 Å². The molecule has 0 aliphatic carbocycles. The lowest BCUT2D eigenvalue weighted by Crippen LogP contribution is -2.45. The molecule has 0 bridgehead atoms. The second kappa shape index (κ2) is 12.3. The lowest BCUT2D eigenvalue weighted by atomic mass is 10.0. The van der Waals surface area contributed by atoms with E-state index in [4.69, 9.17) is 19.4 Å². The number of aromatic nitrogens is 2. The minimum atomic E-state index is 0.260. The number of benzene rings is 2. The molecule has 0 saturated carbocycles. The van der Waals surface area contributed by atoms with Gasteiger partial charge in [0.15, 0.2) is 0 Å². The van der Waals surface area contributed by atoms with Gasteiger partial charge in [-0.15, -0.1) is 0 Å². The normalized spacial score (nSPS) is 19.7. The Morgan fingerprint density at radius 2 is 1.90 bits per heavy atom. The number of hydrogen-bond donors (Lipinski definition) is 1. The molecule has 216 valence electrons. The Balaban J connectivity index is 1.25. The Labute approximate surface area is 240 Å². The quantitative estimate of drug-likeness (QED) is 0.312. The van der Waals surface area contributed by atoms with Gasteiger partial charge in [0, 0.05) is 88.4 Å². The van der Waals surface area contributed by atoms with Crippen molar-refractivity contribution in [3.8, 4) is 11.8 Å². The third-order valence-corrected chi connectivity index (χ3v) is 8.38. The Bertz CT molecular complexity index is 1410. The van der Waals surface area contributed by atoms with E-state index in [1.807, 2.05) is 36.5 Å². The summed E-state index contributed by atoms with van der Waals surface area (Å²) in [6, 6.07) is 12.2. The van der Waals surface area contributed by atoms with Crippen molar-refractivity contribution in [1.82, 2.24) is 19.8 Å². The summed E-state index contributed by atoms with van der Waals surface area (Å²) in [7, 11) is 1.77. The second-order valence-electron chi connectivity index (χ2n) is 10.9. The number of allylic oxidation sites excluding steroid dienone is 1. The van der Waals surface area contributed by atoms with E-state index in [-0.39, 0.29) is 5.75 Å². The van der Waals surface area contributed by atoms with Gasteiger partial charge in [0.2, 0.25) is 0 Å². The number of anilines is 2. The van der Waals surface area contributed by atoms with Gasteiger partial charge in [-0.1, -0.05) is 24.3 Å². The zero-order chi connectivity index (χ0) is 28.2. The molecule has 0 spiro atoms. The molecule has 10 heteroatoms. The van der Waals surface area contributed by atoms with E-state index < -0.39 is 0 Å². The van der Waals surface area contributed by atoms with Crippen molar-refractivity contribution < 1.29 is 19.4 Å². The summed E-state index contributed by atoms with van der Waals surface area (Å²) < 4.78 is 11.7. The summed E-state index contributed by atoms with van der Waals surface area (Å²) >= 11 is 0. The summed E-state index contributed by atoms with van der Waals surface area (Å²) in [5.74, 6) is 1.21. The van der Waals surface area contributed by atoms with E-state index in [2.05, 4.69) is 25.7 Å². The van der Waals surface area contributed by atoms with Gasteiger partial charge in [-0.25, -0.2) is 0 Å².